The van der Waals surface area contributed by atoms with Gasteiger partial charge in [0.15, 0.2) is 0 Å². The molecule has 0 aromatic carbocycles. The number of carbonyl (C=O) groups is 1. The van der Waals surface area contributed by atoms with Crippen LogP contribution in [-0.4, -0.2) is 43.2 Å². The van der Waals surface area contributed by atoms with Gasteiger partial charge < -0.3 is 15.8 Å². The zero-order chi connectivity index (χ0) is 9.52. The number of amides is 1. The van der Waals surface area contributed by atoms with E-state index < -0.39 is 5.91 Å². The smallest absolute Gasteiger partial charge is 0.243 e. The minimum Gasteiger partial charge on any atom is -0.370 e. The van der Waals surface area contributed by atoms with Crippen LogP contribution in [0.5, 0.6) is 0 Å². The molecule has 4 nitrogen and oxygen atoms in total. The predicted molar refractivity (Wildman–Crippen MR) is 53.7 cm³/mol. The predicted octanol–water partition coefficient (Wildman–Crippen LogP) is -0.417. The lowest BCUT2D eigenvalue weighted by Gasteiger charge is -2.10. The molecule has 0 aliphatic carbocycles. The van der Waals surface area contributed by atoms with E-state index in [9.17, 15) is 4.79 Å². The molecule has 0 aromatic heterocycles. The van der Waals surface area contributed by atoms with Gasteiger partial charge in [-0.3, -0.25) is 4.79 Å². The number of ether oxygens (including phenoxy) is 1. The van der Waals surface area contributed by atoms with Gasteiger partial charge in [-0.05, 0) is 12.2 Å². The van der Waals surface area contributed by atoms with Crippen molar-refractivity contribution in [3.05, 3.63) is 0 Å². The van der Waals surface area contributed by atoms with Crippen molar-refractivity contribution >= 4 is 17.7 Å². The van der Waals surface area contributed by atoms with Crippen molar-refractivity contribution in [3.8, 4) is 0 Å². The number of hydrogen-bond acceptors (Lipinski definition) is 4. The normalized spacial score (nSPS) is 22.0. The largest absolute Gasteiger partial charge is 0.370 e. The van der Waals surface area contributed by atoms with Gasteiger partial charge in [0.05, 0.1) is 6.61 Å². The number of nitrogens with one attached hydrogen (secondary N) is 1. The first-order chi connectivity index (χ1) is 6.29. The lowest BCUT2D eigenvalue weighted by molar-refractivity contribution is -0.122. The van der Waals surface area contributed by atoms with Crippen LogP contribution in [-0.2, 0) is 9.53 Å². The Morgan fingerprint density at radius 3 is 3.15 bits per heavy atom. The Kier molecular flexibility index (Phi) is 5.19. The van der Waals surface area contributed by atoms with Crippen molar-refractivity contribution in [2.45, 2.75) is 12.5 Å². The number of hydrogen-bond donors (Lipinski definition) is 2. The van der Waals surface area contributed by atoms with Crippen LogP contribution in [0.2, 0.25) is 0 Å². The van der Waals surface area contributed by atoms with Crippen molar-refractivity contribution in [1.82, 2.24) is 5.32 Å². The fourth-order valence-corrected chi connectivity index (χ4v) is 2.39. The van der Waals surface area contributed by atoms with Gasteiger partial charge in [0, 0.05) is 18.3 Å². The third kappa shape index (κ3) is 5.13. The van der Waals surface area contributed by atoms with Crippen molar-refractivity contribution in [1.29, 1.82) is 0 Å². The molecule has 13 heavy (non-hydrogen) atoms. The van der Waals surface area contributed by atoms with Gasteiger partial charge in [-0.1, -0.05) is 0 Å². The van der Waals surface area contributed by atoms with E-state index >= 15 is 0 Å². The monoisotopic (exact) mass is 204 g/mol. The van der Waals surface area contributed by atoms with Crippen LogP contribution in [0.3, 0.4) is 0 Å². The van der Waals surface area contributed by atoms with Crippen LogP contribution in [0.1, 0.15) is 6.42 Å². The Balaban J connectivity index is 1.86. The van der Waals surface area contributed by atoms with E-state index in [4.69, 9.17) is 10.5 Å². The molecule has 1 atom stereocenters. The van der Waals surface area contributed by atoms with E-state index in [1.165, 1.54) is 17.9 Å². The molecule has 0 aromatic rings. The Morgan fingerprint density at radius 1 is 1.69 bits per heavy atom. The highest BCUT2D eigenvalue weighted by Gasteiger charge is 2.13. The summed E-state index contributed by atoms with van der Waals surface area (Å²) in [5.41, 5.74) is 4.91. The summed E-state index contributed by atoms with van der Waals surface area (Å²) >= 11 is 1.97. The Hall–Kier alpha value is -0.260. The first-order valence-corrected chi connectivity index (χ1v) is 5.61. The summed E-state index contributed by atoms with van der Waals surface area (Å²) in [5.74, 6) is 2.03. The Bertz CT molecular complexity index is 160. The molecule has 0 radical (unpaired) electrons. The molecule has 3 N–H and O–H groups in total. The van der Waals surface area contributed by atoms with Crippen molar-refractivity contribution < 1.29 is 9.53 Å². The van der Waals surface area contributed by atoms with E-state index in [1.54, 1.807) is 0 Å². The molecule has 0 spiro atoms. The highest BCUT2D eigenvalue weighted by molar-refractivity contribution is 7.99. The van der Waals surface area contributed by atoms with E-state index in [2.05, 4.69) is 5.32 Å². The second-order valence-corrected chi connectivity index (χ2v) is 4.18. The molecule has 1 unspecified atom stereocenters. The summed E-state index contributed by atoms with van der Waals surface area (Å²) in [5, 5.41) is 3.36. The first-order valence-electron chi connectivity index (χ1n) is 4.46. The Morgan fingerprint density at radius 2 is 2.54 bits per heavy atom. The summed E-state index contributed by atoms with van der Waals surface area (Å²) in [7, 11) is 0. The SMILES string of the molecule is NC(=O)COCCNC1CCSC1. The summed E-state index contributed by atoms with van der Waals surface area (Å²) < 4.78 is 5.01. The van der Waals surface area contributed by atoms with Crippen LogP contribution < -0.4 is 11.1 Å². The molecule has 1 rings (SSSR count). The van der Waals surface area contributed by atoms with E-state index in [0.29, 0.717) is 12.6 Å². The molecule has 1 fully saturated rings. The number of thioether (sulfide) groups is 1. The second kappa shape index (κ2) is 6.23. The van der Waals surface area contributed by atoms with E-state index in [1.807, 2.05) is 11.8 Å². The van der Waals surface area contributed by atoms with Crippen molar-refractivity contribution in [2.24, 2.45) is 5.73 Å². The maximum Gasteiger partial charge on any atom is 0.243 e. The lowest BCUT2D eigenvalue weighted by atomic mass is 10.3. The minimum atomic E-state index is -0.406. The number of nitrogens with two attached hydrogens (primary N) is 1. The second-order valence-electron chi connectivity index (χ2n) is 3.03. The summed E-state index contributed by atoms with van der Waals surface area (Å²) in [4.78, 5) is 10.3. The Labute approximate surface area is 82.6 Å². The van der Waals surface area contributed by atoms with E-state index in [0.717, 1.165) is 6.54 Å². The molecular weight excluding hydrogens is 188 g/mol. The first kappa shape index (κ1) is 10.8. The van der Waals surface area contributed by atoms with Crippen molar-refractivity contribution in [2.75, 3.05) is 31.3 Å². The minimum absolute atomic E-state index is 0.0289. The molecule has 0 bridgehead atoms. The summed E-state index contributed by atoms with van der Waals surface area (Å²) in [6.07, 6.45) is 1.24. The quantitative estimate of drug-likeness (QED) is 0.577. The number of rotatable bonds is 6. The zero-order valence-corrected chi connectivity index (χ0v) is 8.44. The van der Waals surface area contributed by atoms with Gasteiger partial charge in [0.1, 0.15) is 6.61 Å². The average molecular weight is 204 g/mol. The van der Waals surface area contributed by atoms with Crippen LogP contribution >= 0.6 is 11.8 Å². The molecule has 0 saturated carbocycles. The molecular formula is C8H16N2O2S. The maximum absolute atomic E-state index is 10.3. The van der Waals surface area contributed by atoms with Gasteiger partial charge >= 0.3 is 0 Å². The lowest BCUT2D eigenvalue weighted by Crippen LogP contribution is -2.32. The van der Waals surface area contributed by atoms with Gasteiger partial charge in [0.25, 0.3) is 0 Å². The molecule has 1 heterocycles. The topological polar surface area (TPSA) is 64.4 Å². The molecule has 1 amide bonds. The number of primary amides is 1. The summed E-state index contributed by atoms with van der Waals surface area (Å²) in [6, 6.07) is 0.627. The maximum atomic E-state index is 10.3. The fourth-order valence-electron chi connectivity index (χ4n) is 1.20. The van der Waals surface area contributed by atoms with Crippen LogP contribution in [0.15, 0.2) is 0 Å². The molecule has 1 saturated heterocycles. The summed E-state index contributed by atoms with van der Waals surface area (Å²) in [6.45, 7) is 1.39. The van der Waals surface area contributed by atoms with Crippen LogP contribution in [0.4, 0.5) is 0 Å². The zero-order valence-electron chi connectivity index (χ0n) is 7.62. The fraction of sp³-hybridized carbons (Fsp3) is 0.875. The molecule has 1 aliphatic rings. The molecule has 5 heteroatoms. The van der Waals surface area contributed by atoms with Gasteiger partial charge in [0.2, 0.25) is 5.91 Å². The average Bonchev–Trinajstić information content (AvgIpc) is 2.55. The highest BCUT2D eigenvalue weighted by atomic mass is 32.2. The van der Waals surface area contributed by atoms with Gasteiger partial charge in [-0.15, -0.1) is 0 Å². The standard InChI is InChI=1S/C8H16N2O2S/c9-8(11)5-12-3-2-10-7-1-4-13-6-7/h7,10H,1-6H2,(H2,9,11). The molecule has 1 aliphatic heterocycles. The van der Waals surface area contributed by atoms with Gasteiger partial charge in [-0.25, -0.2) is 0 Å². The van der Waals surface area contributed by atoms with Crippen LogP contribution in [0, 0.1) is 0 Å². The molecule has 76 valence electrons. The third-order valence-electron chi connectivity index (χ3n) is 1.85. The third-order valence-corrected chi connectivity index (χ3v) is 3.02. The van der Waals surface area contributed by atoms with Crippen LogP contribution in [0.25, 0.3) is 0 Å². The highest BCUT2D eigenvalue weighted by Crippen LogP contribution is 2.16. The van der Waals surface area contributed by atoms with Crippen molar-refractivity contribution in [3.63, 3.8) is 0 Å². The van der Waals surface area contributed by atoms with E-state index in [-0.39, 0.29) is 6.61 Å². The number of carbonyl (C=O) groups excluding carboxylic acids is 1. The van der Waals surface area contributed by atoms with Gasteiger partial charge in [-0.2, -0.15) is 11.8 Å².